The minimum absolute atomic E-state index is 1.37. The monoisotopic (exact) mass is 179 g/mol. The minimum atomic E-state index is 1.37. The first-order valence-corrected chi connectivity index (χ1v) is 6.41. The summed E-state index contributed by atoms with van der Waals surface area (Å²) in [6, 6.07) is 0. The molecule has 0 unspecified atom stereocenters. The molecule has 0 aromatic rings. The molecule has 0 heterocycles. The molecule has 0 atom stereocenters. The molecule has 0 amide bonds. The van der Waals surface area contributed by atoms with Crippen molar-refractivity contribution >= 4 is 8.78 Å². The number of hydrogen-bond donors (Lipinski definition) is 0. The number of unbranched alkanes of at least 4 members (excludes halogenated alkanes) is 6. The quantitative estimate of drug-likeness (QED) is 0.337. The fourth-order valence-corrected chi connectivity index (χ4v) is 1.74. The van der Waals surface area contributed by atoms with Gasteiger partial charge in [0.25, 0.3) is 0 Å². The van der Waals surface area contributed by atoms with Gasteiger partial charge in [-0.25, -0.2) is 0 Å². The third-order valence-corrected chi connectivity index (χ3v) is 2.71. The van der Waals surface area contributed by atoms with Crippen molar-refractivity contribution in [1.29, 1.82) is 0 Å². The first-order valence-electron chi connectivity index (χ1n) is 6.41. The van der Waals surface area contributed by atoms with Gasteiger partial charge in [-0.15, -0.1) is 0 Å². The van der Waals surface area contributed by atoms with E-state index in [1.54, 1.807) is 0 Å². The van der Waals surface area contributed by atoms with Crippen molar-refractivity contribution in [3.05, 3.63) is 0 Å². The summed E-state index contributed by atoms with van der Waals surface area (Å²) >= 11 is 0. The Labute approximate surface area is 86.8 Å². The van der Waals surface area contributed by atoms with E-state index in [-0.39, 0.29) is 0 Å². The van der Waals surface area contributed by atoms with Gasteiger partial charge in [-0.2, -0.15) is 0 Å². The topological polar surface area (TPSA) is 0 Å². The third-order valence-electron chi connectivity index (χ3n) is 2.71. The van der Waals surface area contributed by atoms with Crippen LogP contribution in [-0.2, 0) is 0 Å². The second kappa shape index (κ2) is 12.2. The van der Waals surface area contributed by atoms with Crippen molar-refractivity contribution in [2.75, 3.05) is 0 Å². The van der Waals surface area contributed by atoms with E-state index in [9.17, 15) is 0 Å². The first kappa shape index (κ1) is 13.2. The zero-order chi connectivity index (χ0) is 9.78. The van der Waals surface area contributed by atoms with E-state index in [0.29, 0.717) is 0 Å². The maximum absolute atomic E-state index is 2.28. The molecule has 0 saturated carbocycles. The Morgan fingerprint density at radius 3 is 1.46 bits per heavy atom. The van der Waals surface area contributed by atoms with Gasteiger partial charge in [0.2, 0.25) is 0 Å². The van der Waals surface area contributed by atoms with Gasteiger partial charge in [0.15, 0.2) is 0 Å². The Morgan fingerprint density at radius 2 is 1.08 bits per heavy atom. The Morgan fingerprint density at radius 1 is 0.615 bits per heavy atom. The van der Waals surface area contributed by atoms with E-state index in [0.717, 1.165) is 0 Å². The summed E-state index contributed by atoms with van der Waals surface area (Å²) < 4.78 is 0. The Balaban J connectivity index is 2.76. The second-order valence-electron chi connectivity index (χ2n) is 4.18. The average Bonchev–Trinajstić information content (AvgIpc) is 2.16. The maximum atomic E-state index is 2.28. The van der Waals surface area contributed by atoms with E-state index < -0.39 is 0 Å². The molecule has 0 spiro atoms. The van der Waals surface area contributed by atoms with Crippen LogP contribution in [0.4, 0.5) is 0 Å². The van der Waals surface area contributed by atoms with Crippen LogP contribution in [0.2, 0.25) is 12.3 Å². The van der Waals surface area contributed by atoms with Crippen LogP contribution < -0.4 is 0 Å². The van der Waals surface area contributed by atoms with Gasteiger partial charge in [-0.05, 0) is 0 Å². The molecule has 0 aliphatic heterocycles. The Hall–Kier alpha value is 0.169. The average molecular weight is 179 g/mol. The summed E-state index contributed by atoms with van der Waals surface area (Å²) in [6.07, 6.45) is 14.5. The van der Waals surface area contributed by atoms with Gasteiger partial charge in [0.05, 0.1) is 0 Å². The van der Waals surface area contributed by atoms with Crippen LogP contribution in [0.3, 0.4) is 0 Å². The summed E-state index contributed by atoms with van der Waals surface area (Å²) in [4.78, 5) is 0. The van der Waals surface area contributed by atoms with E-state index >= 15 is 0 Å². The van der Waals surface area contributed by atoms with Gasteiger partial charge in [-0.3, -0.25) is 0 Å². The Bertz CT molecular complexity index is 71.2. The molecule has 0 aromatic carbocycles. The van der Waals surface area contributed by atoms with Crippen molar-refractivity contribution in [2.24, 2.45) is 0 Å². The molecule has 0 radical (unpaired) electrons. The molecule has 13 heavy (non-hydrogen) atoms. The van der Waals surface area contributed by atoms with Gasteiger partial charge < -0.3 is 0 Å². The molecular weight excluding hydrogens is 153 g/mol. The van der Waals surface area contributed by atoms with E-state index in [1.165, 1.54) is 72.4 Å². The van der Waals surface area contributed by atoms with Crippen molar-refractivity contribution in [1.82, 2.24) is 0 Å². The third kappa shape index (κ3) is 12.2. The van der Waals surface area contributed by atoms with Gasteiger partial charge in [0.1, 0.15) is 0 Å². The van der Waals surface area contributed by atoms with Crippen LogP contribution in [0.15, 0.2) is 0 Å². The molecule has 76 valence electrons. The molecule has 0 N–H and O–H groups in total. The normalized spacial score (nSPS) is 10.0. The zero-order valence-corrected chi connectivity index (χ0v) is 9.78. The van der Waals surface area contributed by atoms with Crippen LogP contribution in [-0.4, -0.2) is 8.78 Å². The number of rotatable bonds is 10. The van der Waals surface area contributed by atoms with Crippen LogP contribution in [0.25, 0.3) is 0 Å². The van der Waals surface area contributed by atoms with Crippen molar-refractivity contribution < 1.29 is 0 Å². The molecule has 0 nitrogen and oxygen atoms in total. The zero-order valence-electron chi connectivity index (χ0n) is 9.78. The fourth-order valence-electron chi connectivity index (χ4n) is 1.74. The summed E-state index contributed by atoms with van der Waals surface area (Å²) in [6.45, 7) is 4.56. The van der Waals surface area contributed by atoms with E-state index in [4.69, 9.17) is 0 Å². The van der Waals surface area contributed by atoms with Crippen molar-refractivity contribution in [3.8, 4) is 0 Å². The standard InChI is InChI=1S/2C6H13.Be/c2*1-3-5-6-4-2;/h2*1,3-6H2,2H3;. The molecule has 0 fully saturated rings. The predicted octanol–water partition coefficient (Wildman–Crippen LogP) is 4.69. The molecule has 1 heteroatoms. The first-order chi connectivity index (χ1) is 6.41. The molecule has 0 aliphatic rings. The van der Waals surface area contributed by atoms with Crippen LogP contribution >= 0.6 is 0 Å². The van der Waals surface area contributed by atoms with E-state index in [2.05, 4.69) is 13.8 Å². The summed E-state index contributed by atoms with van der Waals surface area (Å²) in [5.74, 6) is 0. The molecule has 0 saturated heterocycles. The van der Waals surface area contributed by atoms with Crippen LogP contribution in [0.1, 0.15) is 65.2 Å². The summed E-state index contributed by atoms with van der Waals surface area (Å²) in [7, 11) is 1.48. The predicted molar refractivity (Wildman–Crippen MR) is 63.7 cm³/mol. The van der Waals surface area contributed by atoms with Gasteiger partial charge in [-0.1, -0.05) is 0 Å². The number of hydrogen-bond acceptors (Lipinski definition) is 0. The SMILES string of the molecule is CCCCC[CH2][Be][CH2]CCCCC. The van der Waals surface area contributed by atoms with Crippen molar-refractivity contribution in [3.63, 3.8) is 0 Å². The molecule has 0 bridgehead atoms. The van der Waals surface area contributed by atoms with Crippen LogP contribution in [0, 0.1) is 0 Å². The summed E-state index contributed by atoms with van der Waals surface area (Å²) in [5.41, 5.74) is 0. The summed E-state index contributed by atoms with van der Waals surface area (Å²) in [5, 5.41) is 0. The van der Waals surface area contributed by atoms with E-state index in [1.807, 2.05) is 0 Å². The van der Waals surface area contributed by atoms with Gasteiger partial charge in [0, 0.05) is 0 Å². The second-order valence-corrected chi connectivity index (χ2v) is 4.18. The molecule has 0 aliphatic carbocycles. The Kier molecular flexibility index (Phi) is 12.3. The molecular formula is C12H26Be. The van der Waals surface area contributed by atoms with Crippen molar-refractivity contribution in [2.45, 2.75) is 77.5 Å². The van der Waals surface area contributed by atoms with Gasteiger partial charge >= 0.3 is 86.3 Å². The van der Waals surface area contributed by atoms with Crippen LogP contribution in [0.5, 0.6) is 0 Å². The molecule has 0 aromatic heterocycles. The molecule has 0 rings (SSSR count). The fraction of sp³-hybridized carbons (Fsp3) is 1.00.